The summed E-state index contributed by atoms with van der Waals surface area (Å²) in [6, 6.07) is 8.31. The van der Waals surface area contributed by atoms with Crippen LogP contribution in [0.4, 0.5) is 0 Å². The lowest BCUT2D eigenvalue weighted by Gasteiger charge is -2.31. The summed E-state index contributed by atoms with van der Waals surface area (Å²) in [6.45, 7) is 6.42. The van der Waals surface area contributed by atoms with Crippen molar-refractivity contribution in [3.8, 4) is 0 Å². The molecule has 1 fully saturated rings. The Labute approximate surface area is 146 Å². The number of carbonyl (C=O) groups is 1. The Morgan fingerprint density at radius 1 is 1.22 bits per heavy atom. The summed E-state index contributed by atoms with van der Waals surface area (Å²) in [5.74, 6) is 0.952. The molecular weight excluding hydrogens is 310 g/mol. The van der Waals surface area contributed by atoms with Crippen molar-refractivity contribution in [3.05, 3.63) is 35.4 Å². The number of nitrogens with zero attached hydrogens (tertiary/aromatic N) is 1. The monoisotopic (exact) mass is 339 g/mol. The van der Waals surface area contributed by atoms with Crippen LogP contribution in [-0.4, -0.2) is 44.0 Å². The molecule has 0 bridgehead atoms. The van der Waals surface area contributed by atoms with Gasteiger partial charge in [-0.3, -0.25) is 9.69 Å². The molecule has 2 rings (SSSR count). The first-order valence-electron chi connectivity index (χ1n) is 8.36. The molecule has 0 aliphatic carbocycles. The molecule has 0 aromatic heterocycles. The maximum atomic E-state index is 12.0. The molecule has 0 spiro atoms. The number of halogens is 1. The fourth-order valence-electron chi connectivity index (χ4n) is 2.95. The lowest BCUT2D eigenvalue weighted by atomic mass is 9.93. The Morgan fingerprint density at radius 3 is 2.48 bits per heavy atom. The summed E-state index contributed by atoms with van der Waals surface area (Å²) in [6.07, 6.45) is 3.68. The van der Waals surface area contributed by atoms with Crippen LogP contribution in [0.25, 0.3) is 0 Å². The predicted molar refractivity (Wildman–Crippen MR) is 98.0 cm³/mol. The van der Waals surface area contributed by atoms with Crippen LogP contribution in [0, 0.1) is 12.8 Å². The number of likely N-dealkylation sites (tertiary alicyclic amines) is 1. The molecule has 1 amide bonds. The third-order valence-corrected chi connectivity index (χ3v) is 4.49. The first-order valence-corrected chi connectivity index (χ1v) is 8.36. The minimum absolute atomic E-state index is 0. The van der Waals surface area contributed by atoms with E-state index in [0.29, 0.717) is 13.1 Å². The third kappa shape index (κ3) is 7.34. The smallest absolute Gasteiger partial charge is 0.234 e. The highest BCUT2D eigenvalue weighted by atomic mass is 35.5. The molecule has 4 nitrogen and oxygen atoms in total. The molecule has 1 aromatic carbocycles. The van der Waals surface area contributed by atoms with Crippen LogP contribution in [0.1, 0.15) is 30.4 Å². The summed E-state index contributed by atoms with van der Waals surface area (Å²) < 4.78 is 0. The highest BCUT2D eigenvalue weighted by molar-refractivity contribution is 5.85. The van der Waals surface area contributed by atoms with Crippen LogP contribution in [0.15, 0.2) is 24.3 Å². The molecule has 0 radical (unpaired) electrons. The predicted octanol–water partition coefficient (Wildman–Crippen LogP) is 2.35. The van der Waals surface area contributed by atoms with Gasteiger partial charge in [0.2, 0.25) is 5.91 Å². The van der Waals surface area contributed by atoms with Gasteiger partial charge in [0.1, 0.15) is 0 Å². The minimum Gasteiger partial charge on any atom is -0.351 e. The summed E-state index contributed by atoms with van der Waals surface area (Å²) in [5.41, 5.74) is 2.40. The molecule has 1 aliphatic heterocycles. The molecule has 0 atom stereocenters. The fraction of sp³-hybridized carbons (Fsp3) is 0.611. The summed E-state index contributed by atoms with van der Waals surface area (Å²) in [4.78, 5) is 14.3. The van der Waals surface area contributed by atoms with Gasteiger partial charge in [-0.05, 0) is 64.3 Å². The van der Waals surface area contributed by atoms with Gasteiger partial charge < -0.3 is 10.6 Å². The SMILES string of the molecule is CNCCC1CCN(CC(=O)NCc2ccc(C)cc2)CC1.Cl. The standard InChI is InChI=1S/C18H29N3O.ClH/c1-15-3-5-17(6-4-15)13-20-18(22)14-21-11-8-16(9-12-21)7-10-19-2;/h3-6,16,19H,7-14H2,1-2H3,(H,20,22);1H. The van der Waals surface area contributed by atoms with Crippen molar-refractivity contribution >= 4 is 18.3 Å². The average molecular weight is 340 g/mol. The second kappa shape index (κ2) is 10.6. The van der Waals surface area contributed by atoms with Crippen LogP contribution >= 0.6 is 12.4 Å². The zero-order valence-electron chi connectivity index (χ0n) is 14.3. The van der Waals surface area contributed by atoms with Gasteiger partial charge >= 0.3 is 0 Å². The second-order valence-corrected chi connectivity index (χ2v) is 6.37. The molecule has 2 N–H and O–H groups in total. The molecule has 1 aliphatic rings. The Hall–Kier alpha value is -1.10. The van der Waals surface area contributed by atoms with E-state index in [4.69, 9.17) is 0 Å². The number of amides is 1. The van der Waals surface area contributed by atoms with Crippen LogP contribution in [-0.2, 0) is 11.3 Å². The van der Waals surface area contributed by atoms with Crippen molar-refractivity contribution in [1.29, 1.82) is 0 Å². The lowest BCUT2D eigenvalue weighted by molar-refractivity contribution is -0.122. The van der Waals surface area contributed by atoms with E-state index in [1.165, 1.54) is 24.8 Å². The zero-order chi connectivity index (χ0) is 15.8. The molecule has 0 saturated carbocycles. The molecule has 130 valence electrons. The Balaban J connectivity index is 0.00000264. The van der Waals surface area contributed by atoms with Crippen LogP contribution < -0.4 is 10.6 Å². The number of nitrogens with one attached hydrogen (secondary N) is 2. The van der Waals surface area contributed by atoms with Gasteiger partial charge in [0.05, 0.1) is 6.54 Å². The number of piperidine rings is 1. The van der Waals surface area contributed by atoms with Crippen molar-refractivity contribution in [2.45, 2.75) is 32.7 Å². The first-order chi connectivity index (χ1) is 10.7. The maximum Gasteiger partial charge on any atom is 0.234 e. The van der Waals surface area contributed by atoms with E-state index in [2.05, 4.69) is 46.7 Å². The number of rotatable bonds is 7. The molecule has 1 saturated heterocycles. The maximum absolute atomic E-state index is 12.0. The van der Waals surface area contributed by atoms with Crippen molar-refractivity contribution in [3.63, 3.8) is 0 Å². The summed E-state index contributed by atoms with van der Waals surface area (Å²) in [5, 5.41) is 6.24. The van der Waals surface area contributed by atoms with E-state index < -0.39 is 0 Å². The molecule has 1 aromatic rings. The van der Waals surface area contributed by atoms with E-state index in [1.54, 1.807) is 0 Å². The number of benzene rings is 1. The quantitative estimate of drug-likeness (QED) is 0.801. The number of aryl methyl sites for hydroxylation is 1. The highest BCUT2D eigenvalue weighted by Crippen LogP contribution is 2.19. The van der Waals surface area contributed by atoms with Gasteiger partial charge in [-0.2, -0.15) is 0 Å². The number of hydrogen-bond donors (Lipinski definition) is 2. The lowest BCUT2D eigenvalue weighted by Crippen LogP contribution is -2.41. The fourth-order valence-corrected chi connectivity index (χ4v) is 2.95. The van der Waals surface area contributed by atoms with E-state index in [-0.39, 0.29) is 18.3 Å². The summed E-state index contributed by atoms with van der Waals surface area (Å²) >= 11 is 0. The normalized spacial score (nSPS) is 15.9. The second-order valence-electron chi connectivity index (χ2n) is 6.37. The van der Waals surface area contributed by atoms with Crippen molar-refractivity contribution in [1.82, 2.24) is 15.5 Å². The van der Waals surface area contributed by atoms with Crippen molar-refractivity contribution in [2.75, 3.05) is 33.2 Å². The van der Waals surface area contributed by atoms with Gasteiger partial charge in [0, 0.05) is 6.54 Å². The van der Waals surface area contributed by atoms with Gasteiger partial charge in [-0.15, -0.1) is 12.4 Å². The minimum atomic E-state index is 0. The molecule has 23 heavy (non-hydrogen) atoms. The highest BCUT2D eigenvalue weighted by Gasteiger charge is 2.20. The van der Waals surface area contributed by atoms with Crippen LogP contribution in [0.2, 0.25) is 0 Å². The Bertz CT molecular complexity index is 456. The van der Waals surface area contributed by atoms with E-state index in [1.807, 2.05) is 7.05 Å². The van der Waals surface area contributed by atoms with E-state index >= 15 is 0 Å². The zero-order valence-corrected chi connectivity index (χ0v) is 15.1. The number of carbonyl (C=O) groups excluding carboxylic acids is 1. The average Bonchev–Trinajstić information content (AvgIpc) is 2.54. The van der Waals surface area contributed by atoms with Gasteiger partial charge in [0.15, 0.2) is 0 Å². The van der Waals surface area contributed by atoms with E-state index in [0.717, 1.165) is 31.1 Å². The third-order valence-electron chi connectivity index (χ3n) is 4.49. The van der Waals surface area contributed by atoms with Gasteiger partial charge in [-0.25, -0.2) is 0 Å². The topological polar surface area (TPSA) is 44.4 Å². The van der Waals surface area contributed by atoms with Crippen LogP contribution in [0.3, 0.4) is 0 Å². The van der Waals surface area contributed by atoms with Crippen molar-refractivity contribution in [2.24, 2.45) is 5.92 Å². The van der Waals surface area contributed by atoms with E-state index in [9.17, 15) is 4.79 Å². The molecule has 1 heterocycles. The molecular formula is C18H30ClN3O. The van der Waals surface area contributed by atoms with Crippen LogP contribution in [0.5, 0.6) is 0 Å². The van der Waals surface area contributed by atoms with Crippen molar-refractivity contribution < 1.29 is 4.79 Å². The van der Waals surface area contributed by atoms with Gasteiger partial charge in [0.25, 0.3) is 0 Å². The van der Waals surface area contributed by atoms with Gasteiger partial charge in [-0.1, -0.05) is 29.8 Å². The molecule has 0 unspecified atom stereocenters. The summed E-state index contributed by atoms with van der Waals surface area (Å²) in [7, 11) is 2.01. The molecule has 5 heteroatoms. The Morgan fingerprint density at radius 2 is 1.87 bits per heavy atom. The first kappa shape index (κ1) is 19.9. The Kier molecular flexibility index (Phi) is 9.22. The number of hydrogen-bond acceptors (Lipinski definition) is 3. The largest absolute Gasteiger partial charge is 0.351 e.